The van der Waals surface area contributed by atoms with Crippen molar-refractivity contribution < 1.29 is 0 Å². The number of nitrogens with zero attached hydrogens (tertiary/aromatic N) is 3. The number of halogens is 1. The van der Waals surface area contributed by atoms with Crippen LogP contribution in [0.15, 0.2) is 12.3 Å². The van der Waals surface area contributed by atoms with E-state index in [1.807, 2.05) is 6.07 Å². The molecule has 0 radical (unpaired) electrons. The molecule has 1 heterocycles. The largest absolute Gasteiger partial charge is 0.353 e. The standard InChI is InChI=1S/C11H16ClN3/c1-2-3-8-15(9-4-5-9)10-6-7-13-11(12)14-10/h6-7,9H,2-5,8H2,1H3. The van der Waals surface area contributed by atoms with E-state index in [-0.39, 0.29) is 0 Å². The van der Waals surface area contributed by atoms with Crippen molar-refractivity contribution in [3.63, 3.8) is 0 Å². The quantitative estimate of drug-likeness (QED) is 0.722. The molecule has 2 rings (SSSR count). The van der Waals surface area contributed by atoms with E-state index in [1.54, 1.807) is 6.20 Å². The van der Waals surface area contributed by atoms with Crippen molar-refractivity contribution in [2.45, 2.75) is 38.6 Å². The van der Waals surface area contributed by atoms with Crippen LogP contribution in [0.5, 0.6) is 0 Å². The van der Waals surface area contributed by atoms with Crippen LogP contribution in [0.3, 0.4) is 0 Å². The smallest absolute Gasteiger partial charge is 0.224 e. The highest BCUT2D eigenvalue weighted by atomic mass is 35.5. The second-order valence-corrected chi connectivity index (χ2v) is 4.30. The van der Waals surface area contributed by atoms with Crippen LogP contribution in [0.25, 0.3) is 0 Å². The molecular formula is C11H16ClN3. The molecule has 0 aromatic carbocycles. The van der Waals surface area contributed by atoms with Gasteiger partial charge in [-0.05, 0) is 36.9 Å². The fraction of sp³-hybridized carbons (Fsp3) is 0.636. The molecule has 0 atom stereocenters. The monoisotopic (exact) mass is 225 g/mol. The van der Waals surface area contributed by atoms with Crippen LogP contribution in [0, 0.1) is 0 Å². The Morgan fingerprint density at radius 2 is 2.33 bits per heavy atom. The summed E-state index contributed by atoms with van der Waals surface area (Å²) in [6, 6.07) is 2.63. The van der Waals surface area contributed by atoms with Gasteiger partial charge in [0.05, 0.1) is 0 Å². The normalized spacial score (nSPS) is 15.3. The molecule has 4 heteroatoms. The van der Waals surface area contributed by atoms with E-state index in [4.69, 9.17) is 11.6 Å². The Morgan fingerprint density at radius 1 is 1.53 bits per heavy atom. The molecule has 1 aliphatic carbocycles. The summed E-state index contributed by atoms with van der Waals surface area (Å²) in [4.78, 5) is 10.5. The van der Waals surface area contributed by atoms with Crippen LogP contribution in [0.2, 0.25) is 5.28 Å². The molecule has 15 heavy (non-hydrogen) atoms. The molecule has 0 bridgehead atoms. The number of aromatic nitrogens is 2. The number of unbranched alkanes of at least 4 members (excludes halogenated alkanes) is 1. The summed E-state index contributed by atoms with van der Waals surface area (Å²) in [5.41, 5.74) is 0. The van der Waals surface area contributed by atoms with Crippen molar-refractivity contribution in [3.05, 3.63) is 17.5 Å². The zero-order chi connectivity index (χ0) is 10.7. The Morgan fingerprint density at radius 3 is 2.93 bits per heavy atom. The van der Waals surface area contributed by atoms with Gasteiger partial charge in [0.1, 0.15) is 5.82 Å². The molecule has 0 amide bonds. The lowest BCUT2D eigenvalue weighted by Crippen LogP contribution is -2.27. The van der Waals surface area contributed by atoms with Crippen molar-refractivity contribution >= 4 is 17.4 Å². The van der Waals surface area contributed by atoms with Crippen molar-refractivity contribution in [1.82, 2.24) is 9.97 Å². The predicted octanol–water partition coefficient (Wildman–Crippen LogP) is 2.90. The SMILES string of the molecule is CCCCN(c1ccnc(Cl)n1)C1CC1. The molecule has 1 fully saturated rings. The third kappa shape index (κ3) is 2.81. The maximum Gasteiger partial charge on any atom is 0.224 e. The molecule has 1 aliphatic rings. The maximum atomic E-state index is 5.80. The van der Waals surface area contributed by atoms with Gasteiger partial charge in [-0.15, -0.1) is 0 Å². The zero-order valence-electron chi connectivity index (χ0n) is 8.99. The van der Waals surface area contributed by atoms with Gasteiger partial charge >= 0.3 is 0 Å². The number of hydrogen-bond acceptors (Lipinski definition) is 3. The Labute approximate surface area is 95.5 Å². The van der Waals surface area contributed by atoms with Gasteiger partial charge in [-0.1, -0.05) is 13.3 Å². The van der Waals surface area contributed by atoms with Gasteiger partial charge in [0, 0.05) is 18.8 Å². The first-order chi connectivity index (χ1) is 7.31. The Balaban J connectivity index is 2.09. The van der Waals surface area contributed by atoms with Crippen molar-refractivity contribution in [1.29, 1.82) is 0 Å². The third-order valence-corrected chi connectivity index (χ3v) is 2.83. The van der Waals surface area contributed by atoms with Gasteiger partial charge < -0.3 is 4.90 Å². The average Bonchev–Trinajstić information content (AvgIpc) is 3.03. The highest BCUT2D eigenvalue weighted by Gasteiger charge is 2.29. The Bertz CT molecular complexity index is 325. The predicted molar refractivity (Wildman–Crippen MR) is 62.3 cm³/mol. The summed E-state index contributed by atoms with van der Waals surface area (Å²) < 4.78 is 0. The van der Waals surface area contributed by atoms with E-state index < -0.39 is 0 Å². The molecule has 82 valence electrons. The van der Waals surface area contributed by atoms with Crippen LogP contribution in [0.1, 0.15) is 32.6 Å². The number of anilines is 1. The molecule has 0 saturated heterocycles. The summed E-state index contributed by atoms with van der Waals surface area (Å²) in [5.74, 6) is 0.978. The minimum atomic E-state index is 0.342. The zero-order valence-corrected chi connectivity index (χ0v) is 9.74. The minimum absolute atomic E-state index is 0.342. The van der Waals surface area contributed by atoms with Gasteiger partial charge in [-0.3, -0.25) is 0 Å². The van der Waals surface area contributed by atoms with Crippen LogP contribution in [-0.2, 0) is 0 Å². The summed E-state index contributed by atoms with van der Waals surface area (Å²) in [6.45, 7) is 3.28. The molecular weight excluding hydrogens is 210 g/mol. The fourth-order valence-corrected chi connectivity index (χ4v) is 1.83. The second kappa shape index (κ2) is 4.79. The molecule has 3 nitrogen and oxygen atoms in total. The first-order valence-corrected chi connectivity index (χ1v) is 5.94. The molecule has 1 saturated carbocycles. The molecule has 0 N–H and O–H groups in total. The first kappa shape index (κ1) is 10.7. The van der Waals surface area contributed by atoms with Crippen LogP contribution in [0.4, 0.5) is 5.82 Å². The Kier molecular flexibility index (Phi) is 3.41. The topological polar surface area (TPSA) is 29.0 Å². The van der Waals surface area contributed by atoms with Gasteiger partial charge in [0.25, 0.3) is 0 Å². The van der Waals surface area contributed by atoms with Crippen molar-refractivity contribution in [2.75, 3.05) is 11.4 Å². The average molecular weight is 226 g/mol. The van der Waals surface area contributed by atoms with Crippen molar-refractivity contribution in [3.8, 4) is 0 Å². The molecule has 0 unspecified atom stereocenters. The highest BCUT2D eigenvalue weighted by Crippen LogP contribution is 2.30. The van der Waals surface area contributed by atoms with Gasteiger partial charge in [0.2, 0.25) is 5.28 Å². The minimum Gasteiger partial charge on any atom is -0.353 e. The molecule has 0 spiro atoms. The van der Waals surface area contributed by atoms with Crippen LogP contribution >= 0.6 is 11.6 Å². The summed E-state index contributed by atoms with van der Waals surface area (Å²) in [5, 5.41) is 0.342. The van der Waals surface area contributed by atoms with E-state index in [1.165, 1.54) is 25.7 Å². The summed E-state index contributed by atoms with van der Waals surface area (Å²) in [6.07, 6.45) is 6.71. The molecule has 0 aliphatic heterocycles. The summed E-state index contributed by atoms with van der Waals surface area (Å²) in [7, 11) is 0. The van der Waals surface area contributed by atoms with E-state index in [0.717, 1.165) is 12.4 Å². The van der Waals surface area contributed by atoms with E-state index >= 15 is 0 Å². The fourth-order valence-electron chi connectivity index (χ4n) is 1.68. The number of hydrogen-bond donors (Lipinski definition) is 0. The Hall–Kier alpha value is -0.830. The maximum absolute atomic E-state index is 5.80. The van der Waals surface area contributed by atoms with Gasteiger partial charge in [-0.25, -0.2) is 9.97 Å². The molecule has 1 aromatic rings. The van der Waals surface area contributed by atoms with Gasteiger partial charge in [-0.2, -0.15) is 0 Å². The lowest BCUT2D eigenvalue weighted by atomic mass is 10.3. The van der Waals surface area contributed by atoms with Crippen LogP contribution < -0.4 is 4.90 Å². The second-order valence-electron chi connectivity index (χ2n) is 3.96. The van der Waals surface area contributed by atoms with Crippen molar-refractivity contribution in [2.24, 2.45) is 0 Å². The van der Waals surface area contributed by atoms with E-state index in [2.05, 4.69) is 21.8 Å². The highest BCUT2D eigenvalue weighted by molar-refractivity contribution is 6.28. The summed E-state index contributed by atoms with van der Waals surface area (Å²) >= 11 is 5.80. The van der Waals surface area contributed by atoms with E-state index in [9.17, 15) is 0 Å². The lowest BCUT2D eigenvalue weighted by molar-refractivity contribution is 0.703. The van der Waals surface area contributed by atoms with Gasteiger partial charge in [0.15, 0.2) is 0 Å². The third-order valence-electron chi connectivity index (χ3n) is 2.65. The number of rotatable bonds is 5. The van der Waals surface area contributed by atoms with E-state index in [0.29, 0.717) is 11.3 Å². The first-order valence-electron chi connectivity index (χ1n) is 5.56. The van der Waals surface area contributed by atoms with Crippen LogP contribution in [-0.4, -0.2) is 22.6 Å². The lowest BCUT2D eigenvalue weighted by Gasteiger charge is -2.22. The molecule has 1 aromatic heterocycles.